The molecule has 0 saturated heterocycles. The zero-order valence-corrected chi connectivity index (χ0v) is 13.5. The third-order valence-corrected chi connectivity index (χ3v) is 3.74. The summed E-state index contributed by atoms with van der Waals surface area (Å²) < 4.78 is 10.6. The molecule has 122 valence electrons. The number of ether oxygens (including phenoxy) is 1. The van der Waals surface area contributed by atoms with Gasteiger partial charge in [-0.25, -0.2) is 4.79 Å². The Morgan fingerprint density at radius 1 is 1.08 bits per heavy atom. The van der Waals surface area contributed by atoms with Crippen molar-refractivity contribution in [1.82, 2.24) is 0 Å². The van der Waals surface area contributed by atoms with Gasteiger partial charge in [-0.1, -0.05) is 43.7 Å². The maximum atomic E-state index is 12.0. The van der Waals surface area contributed by atoms with Crippen LogP contribution in [-0.2, 0) is 17.6 Å². The summed E-state index contributed by atoms with van der Waals surface area (Å²) in [6.45, 7) is 2.06. The van der Waals surface area contributed by atoms with Crippen LogP contribution in [0.1, 0.15) is 24.5 Å². The lowest BCUT2D eigenvalue weighted by Crippen LogP contribution is -2.11. The summed E-state index contributed by atoms with van der Waals surface area (Å²) in [5.74, 6) is 0.0211. The average molecular weight is 322 g/mol. The zero-order chi connectivity index (χ0) is 16.9. The second-order valence-corrected chi connectivity index (χ2v) is 5.64. The molecule has 0 atom stereocenters. The van der Waals surface area contributed by atoms with Crippen molar-refractivity contribution in [2.45, 2.75) is 26.2 Å². The number of hydrogen-bond donors (Lipinski definition) is 0. The molecule has 0 aliphatic rings. The minimum Gasteiger partial charge on any atom is -0.426 e. The lowest BCUT2D eigenvalue weighted by atomic mass is 10.1. The van der Waals surface area contributed by atoms with Crippen LogP contribution in [0.2, 0.25) is 0 Å². The number of fused-ring (bicyclic) bond motifs is 1. The summed E-state index contributed by atoms with van der Waals surface area (Å²) in [5, 5.41) is 0.874. The Hall–Kier alpha value is -2.88. The number of aryl methyl sites for hydroxylation is 1. The van der Waals surface area contributed by atoms with Crippen LogP contribution in [0.4, 0.5) is 0 Å². The fraction of sp³-hybridized carbons (Fsp3) is 0.200. The number of hydrogen-bond acceptors (Lipinski definition) is 4. The number of carbonyl (C=O) groups excluding carboxylic acids is 1. The van der Waals surface area contributed by atoms with Gasteiger partial charge in [0.15, 0.2) is 0 Å². The summed E-state index contributed by atoms with van der Waals surface area (Å²) in [6, 6.07) is 16.1. The molecule has 0 amide bonds. The van der Waals surface area contributed by atoms with Crippen molar-refractivity contribution in [3.8, 4) is 5.75 Å². The van der Waals surface area contributed by atoms with Crippen LogP contribution in [0.3, 0.4) is 0 Å². The van der Waals surface area contributed by atoms with Gasteiger partial charge >= 0.3 is 11.6 Å². The van der Waals surface area contributed by atoms with E-state index in [-0.39, 0.29) is 12.4 Å². The highest BCUT2D eigenvalue weighted by Crippen LogP contribution is 2.23. The van der Waals surface area contributed by atoms with E-state index < -0.39 is 5.63 Å². The first-order valence-electron chi connectivity index (χ1n) is 7.97. The summed E-state index contributed by atoms with van der Waals surface area (Å²) in [4.78, 5) is 23.7. The van der Waals surface area contributed by atoms with Gasteiger partial charge in [-0.15, -0.1) is 0 Å². The molecule has 0 radical (unpaired) electrons. The van der Waals surface area contributed by atoms with Gasteiger partial charge in [0, 0.05) is 17.5 Å². The standard InChI is InChI=1S/C20H18O4/c1-2-6-15-12-20(22)24-18-13-16(9-10-17(15)18)23-19(21)11-14-7-4-3-5-8-14/h3-5,7-10,12-13H,2,6,11H2,1H3. The molecule has 0 spiro atoms. The van der Waals surface area contributed by atoms with Crippen LogP contribution in [-0.4, -0.2) is 5.97 Å². The van der Waals surface area contributed by atoms with Gasteiger partial charge in [-0.2, -0.15) is 0 Å². The largest absolute Gasteiger partial charge is 0.426 e. The molecule has 0 aliphatic carbocycles. The fourth-order valence-corrected chi connectivity index (χ4v) is 2.68. The maximum Gasteiger partial charge on any atom is 0.336 e. The molecule has 4 nitrogen and oxygen atoms in total. The van der Waals surface area contributed by atoms with E-state index in [1.807, 2.05) is 36.4 Å². The highest BCUT2D eigenvalue weighted by atomic mass is 16.5. The molecular formula is C20H18O4. The first-order valence-corrected chi connectivity index (χ1v) is 7.97. The van der Waals surface area contributed by atoms with Gasteiger partial charge in [-0.3, -0.25) is 4.79 Å². The molecule has 1 heterocycles. The lowest BCUT2D eigenvalue weighted by molar-refractivity contribution is -0.133. The van der Waals surface area contributed by atoms with Crippen LogP contribution >= 0.6 is 0 Å². The first-order chi connectivity index (χ1) is 11.7. The fourth-order valence-electron chi connectivity index (χ4n) is 2.68. The molecule has 1 aromatic heterocycles. The molecule has 24 heavy (non-hydrogen) atoms. The van der Waals surface area contributed by atoms with Crippen molar-refractivity contribution >= 4 is 16.9 Å². The highest BCUT2D eigenvalue weighted by molar-refractivity contribution is 5.83. The Bertz CT molecular complexity index is 910. The Balaban J connectivity index is 1.83. The minimum absolute atomic E-state index is 0.193. The highest BCUT2D eigenvalue weighted by Gasteiger charge is 2.10. The topological polar surface area (TPSA) is 56.5 Å². The Kier molecular flexibility index (Phi) is 4.75. The van der Waals surface area contributed by atoms with Crippen molar-refractivity contribution < 1.29 is 13.9 Å². The summed E-state index contributed by atoms with van der Waals surface area (Å²) in [6.07, 6.45) is 1.93. The van der Waals surface area contributed by atoms with Gasteiger partial charge in [0.25, 0.3) is 0 Å². The van der Waals surface area contributed by atoms with Gasteiger partial charge in [0.1, 0.15) is 11.3 Å². The Morgan fingerprint density at radius 3 is 2.62 bits per heavy atom. The average Bonchev–Trinajstić information content (AvgIpc) is 2.55. The van der Waals surface area contributed by atoms with Crippen LogP contribution in [0.25, 0.3) is 11.0 Å². The van der Waals surface area contributed by atoms with Gasteiger partial charge < -0.3 is 9.15 Å². The van der Waals surface area contributed by atoms with Gasteiger partial charge in [0.05, 0.1) is 6.42 Å². The third-order valence-electron chi connectivity index (χ3n) is 3.74. The van der Waals surface area contributed by atoms with E-state index in [0.29, 0.717) is 11.3 Å². The van der Waals surface area contributed by atoms with Crippen molar-refractivity contribution in [2.75, 3.05) is 0 Å². The summed E-state index contributed by atoms with van der Waals surface area (Å²) in [7, 11) is 0. The van der Waals surface area contributed by atoms with Crippen molar-refractivity contribution in [3.63, 3.8) is 0 Å². The Labute approximate surface area is 139 Å². The molecule has 0 fully saturated rings. The SMILES string of the molecule is CCCc1cc(=O)oc2cc(OC(=O)Cc3ccccc3)ccc12. The zero-order valence-electron chi connectivity index (χ0n) is 13.5. The summed E-state index contributed by atoms with van der Waals surface area (Å²) >= 11 is 0. The van der Waals surface area contributed by atoms with E-state index in [0.717, 1.165) is 29.4 Å². The predicted octanol–water partition coefficient (Wildman–Crippen LogP) is 3.89. The van der Waals surface area contributed by atoms with Crippen molar-refractivity contribution in [1.29, 1.82) is 0 Å². The third kappa shape index (κ3) is 3.71. The number of rotatable bonds is 5. The normalized spacial score (nSPS) is 10.7. The van der Waals surface area contributed by atoms with E-state index in [4.69, 9.17) is 9.15 Å². The molecule has 0 bridgehead atoms. The van der Waals surface area contributed by atoms with Gasteiger partial charge in [-0.05, 0) is 29.7 Å². The quantitative estimate of drug-likeness (QED) is 0.406. The molecule has 3 aromatic rings. The van der Waals surface area contributed by atoms with Gasteiger partial charge in [0.2, 0.25) is 0 Å². The lowest BCUT2D eigenvalue weighted by Gasteiger charge is -2.07. The second kappa shape index (κ2) is 7.13. The molecule has 0 saturated carbocycles. The maximum absolute atomic E-state index is 12.0. The summed E-state index contributed by atoms with van der Waals surface area (Å²) in [5.41, 5.74) is 1.89. The monoisotopic (exact) mass is 322 g/mol. The molecule has 0 N–H and O–H groups in total. The molecule has 0 unspecified atom stereocenters. The number of benzene rings is 2. The Morgan fingerprint density at radius 2 is 1.88 bits per heavy atom. The van der Waals surface area contributed by atoms with Crippen LogP contribution in [0.15, 0.2) is 63.8 Å². The van der Waals surface area contributed by atoms with Crippen molar-refractivity contribution in [2.24, 2.45) is 0 Å². The van der Waals surface area contributed by atoms with Crippen LogP contribution < -0.4 is 10.4 Å². The number of esters is 1. The van der Waals surface area contributed by atoms with Crippen LogP contribution in [0.5, 0.6) is 5.75 Å². The molecule has 0 aliphatic heterocycles. The molecule has 3 rings (SSSR count). The molecule has 4 heteroatoms. The predicted molar refractivity (Wildman–Crippen MR) is 92.3 cm³/mol. The van der Waals surface area contributed by atoms with E-state index in [9.17, 15) is 9.59 Å². The second-order valence-electron chi connectivity index (χ2n) is 5.64. The van der Waals surface area contributed by atoms with Crippen LogP contribution in [0, 0.1) is 0 Å². The van der Waals surface area contributed by atoms with E-state index >= 15 is 0 Å². The minimum atomic E-state index is -0.390. The van der Waals surface area contributed by atoms with Crippen molar-refractivity contribution in [3.05, 3.63) is 76.1 Å². The van der Waals surface area contributed by atoms with E-state index in [1.165, 1.54) is 6.07 Å². The van der Waals surface area contributed by atoms with E-state index in [1.54, 1.807) is 12.1 Å². The molecule has 2 aromatic carbocycles. The smallest absolute Gasteiger partial charge is 0.336 e. The first kappa shape index (κ1) is 16.0. The van der Waals surface area contributed by atoms with E-state index in [2.05, 4.69) is 6.92 Å². The number of carbonyl (C=O) groups is 1. The molecular weight excluding hydrogens is 304 g/mol.